The van der Waals surface area contributed by atoms with Crippen molar-refractivity contribution in [3.8, 4) is 0 Å². The van der Waals surface area contributed by atoms with Crippen molar-refractivity contribution in [2.24, 2.45) is 0 Å². The van der Waals surface area contributed by atoms with Crippen molar-refractivity contribution >= 4 is 22.7 Å². The van der Waals surface area contributed by atoms with Crippen LogP contribution in [-0.2, 0) is 6.42 Å². The Kier molecular flexibility index (Phi) is 3.79. The van der Waals surface area contributed by atoms with E-state index in [1.165, 1.54) is 39.8 Å². The van der Waals surface area contributed by atoms with Crippen molar-refractivity contribution in [1.82, 2.24) is 4.98 Å². The maximum absolute atomic E-state index is 3.30. The van der Waals surface area contributed by atoms with Crippen LogP contribution in [0.4, 0.5) is 0 Å². The SMILES string of the molecule is Cc1c[nH]c2ccc(CCSC3=CCCC=C3)cc12. The first-order valence-corrected chi connectivity index (χ1v) is 7.87. The Labute approximate surface area is 118 Å². The number of thioether (sulfide) groups is 1. The number of benzene rings is 1. The number of allylic oxidation sites excluding steroid dienone is 3. The van der Waals surface area contributed by atoms with E-state index in [4.69, 9.17) is 0 Å². The zero-order valence-corrected chi connectivity index (χ0v) is 12.1. The molecule has 1 heterocycles. The summed E-state index contributed by atoms with van der Waals surface area (Å²) in [5.41, 5.74) is 4.01. The Hall–Kier alpha value is -1.41. The summed E-state index contributed by atoms with van der Waals surface area (Å²) in [6, 6.07) is 6.76. The molecule has 0 bridgehead atoms. The number of rotatable bonds is 4. The molecule has 1 aromatic carbocycles. The third-order valence-electron chi connectivity index (χ3n) is 3.57. The molecule has 1 N–H and O–H groups in total. The van der Waals surface area contributed by atoms with Crippen molar-refractivity contribution in [2.75, 3.05) is 5.75 Å². The summed E-state index contributed by atoms with van der Waals surface area (Å²) in [5.74, 6) is 1.16. The predicted octanol–water partition coefficient (Wildman–Crippen LogP) is 4.99. The number of aryl methyl sites for hydroxylation is 2. The second-order valence-electron chi connectivity index (χ2n) is 5.04. The first kappa shape index (κ1) is 12.6. The maximum Gasteiger partial charge on any atom is 0.0456 e. The minimum absolute atomic E-state index is 1.14. The van der Waals surface area contributed by atoms with Crippen LogP contribution in [0.25, 0.3) is 10.9 Å². The van der Waals surface area contributed by atoms with Gasteiger partial charge in [-0.05, 0) is 49.4 Å². The number of aromatic nitrogens is 1. The molecule has 0 atom stereocenters. The van der Waals surface area contributed by atoms with Gasteiger partial charge in [0.25, 0.3) is 0 Å². The zero-order chi connectivity index (χ0) is 13.1. The number of H-pyrrole nitrogens is 1. The molecule has 19 heavy (non-hydrogen) atoms. The molecule has 0 unspecified atom stereocenters. The molecule has 0 radical (unpaired) electrons. The summed E-state index contributed by atoms with van der Waals surface area (Å²) in [7, 11) is 0. The van der Waals surface area contributed by atoms with Crippen molar-refractivity contribution in [3.05, 3.63) is 58.7 Å². The Morgan fingerprint density at radius 3 is 3.05 bits per heavy atom. The molecule has 0 fully saturated rings. The number of nitrogens with one attached hydrogen (secondary N) is 1. The lowest BCUT2D eigenvalue weighted by Gasteiger charge is -2.06. The highest BCUT2D eigenvalue weighted by Gasteiger charge is 2.02. The quantitative estimate of drug-likeness (QED) is 0.827. The fourth-order valence-corrected chi connectivity index (χ4v) is 3.45. The van der Waals surface area contributed by atoms with Gasteiger partial charge in [0, 0.05) is 27.8 Å². The van der Waals surface area contributed by atoms with Gasteiger partial charge in [-0.25, -0.2) is 0 Å². The van der Waals surface area contributed by atoms with E-state index >= 15 is 0 Å². The van der Waals surface area contributed by atoms with Gasteiger partial charge in [-0.3, -0.25) is 0 Å². The maximum atomic E-state index is 3.30. The van der Waals surface area contributed by atoms with E-state index in [0.717, 1.165) is 12.2 Å². The number of aromatic amines is 1. The van der Waals surface area contributed by atoms with Crippen LogP contribution in [0.5, 0.6) is 0 Å². The first-order valence-electron chi connectivity index (χ1n) is 6.89. The molecule has 1 aromatic heterocycles. The minimum atomic E-state index is 1.14. The van der Waals surface area contributed by atoms with E-state index in [2.05, 4.69) is 54.5 Å². The van der Waals surface area contributed by atoms with E-state index in [0.29, 0.717) is 0 Å². The van der Waals surface area contributed by atoms with Gasteiger partial charge in [-0.15, -0.1) is 11.8 Å². The largest absolute Gasteiger partial charge is 0.361 e. The van der Waals surface area contributed by atoms with Crippen molar-refractivity contribution in [2.45, 2.75) is 26.2 Å². The van der Waals surface area contributed by atoms with Gasteiger partial charge < -0.3 is 4.98 Å². The van der Waals surface area contributed by atoms with E-state index in [-0.39, 0.29) is 0 Å². The molecule has 2 aromatic rings. The van der Waals surface area contributed by atoms with Gasteiger partial charge in [-0.2, -0.15) is 0 Å². The van der Waals surface area contributed by atoms with Crippen LogP contribution in [0.2, 0.25) is 0 Å². The van der Waals surface area contributed by atoms with E-state index in [9.17, 15) is 0 Å². The van der Waals surface area contributed by atoms with Gasteiger partial charge in [0.15, 0.2) is 0 Å². The molecule has 1 aliphatic carbocycles. The fraction of sp³-hybridized carbons (Fsp3) is 0.294. The molecule has 3 rings (SSSR count). The molecule has 0 spiro atoms. The summed E-state index contributed by atoms with van der Waals surface area (Å²) < 4.78 is 0. The van der Waals surface area contributed by atoms with Crippen LogP contribution in [0, 0.1) is 6.92 Å². The molecular weight excluding hydrogens is 250 g/mol. The third-order valence-corrected chi connectivity index (χ3v) is 4.62. The smallest absolute Gasteiger partial charge is 0.0456 e. The Bertz CT molecular complexity index is 634. The Morgan fingerprint density at radius 1 is 1.26 bits per heavy atom. The van der Waals surface area contributed by atoms with Crippen molar-refractivity contribution in [1.29, 1.82) is 0 Å². The molecule has 1 nitrogen and oxygen atoms in total. The molecule has 0 amide bonds. The summed E-state index contributed by atoms with van der Waals surface area (Å²) in [6.07, 6.45) is 12.5. The monoisotopic (exact) mass is 269 g/mol. The molecular formula is C17H19NS. The van der Waals surface area contributed by atoms with Crippen molar-refractivity contribution in [3.63, 3.8) is 0 Å². The Morgan fingerprint density at radius 2 is 2.21 bits per heavy atom. The van der Waals surface area contributed by atoms with E-state index < -0.39 is 0 Å². The summed E-state index contributed by atoms with van der Waals surface area (Å²) in [4.78, 5) is 4.73. The summed E-state index contributed by atoms with van der Waals surface area (Å²) in [5, 5.41) is 1.36. The van der Waals surface area contributed by atoms with Crippen LogP contribution in [0.1, 0.15) is 24.0 Å². The summed E-state index contributed by atoms with van der Waals surface area (Å²) >= 11 is 1.97. The first-order chi connectivity index (χ1) is 9.33. The average Bonchev–Trinajstić information content (AvgIpc) is 2.82. The lowest BCUT2D eigenvalue weighted by Crippen LogP contribution is -1.90. The zero-order valence-electron chi connectivity index (χ0n) is 11.3. The van der Waals surface area contributed by atoms with Crippen LogP contribution in [-0.4, -0.2) is 10.7 Å². The minimum Gasteiger partial charge on any atom is -0.361 e. The van der Waals surface area contributed by atoms with E-state index in [1.54, 1.807) is 0 Å². The van der Waals surface area contributed by atoms with Gasteiger partial charge in [-0.1, -0.05) is 24.3 Å². The van der Waals surface area contributed by atoms with Gasteiger partial charge in [0.1, 0.15) is 0 Å². The molecule has 0 aliphatic heterocycles. The predicted molar refractivity (Wildman–Crippen MR) is 85.7 cm³/mol. The fourth-order valence-electron chi connectivity index (χ4n) is 2.45. The van der Waals surface area contributed by atoms with Gasteiger partial charge in [0.2, 0.25) is 0 Å². The lowest BCUT2D eigenvalue weighted by molar-refractivity contribution is 1.03. The van der Waals surface area contributed by atoms with Crippen molar-refractivity contribution < 1.29 is 0 Å². The number of hydrogen-bond acceptors (Lipinski definition) is 1. The normalized spacial score (nSPS) is 14.9. The van der Waals surface area contributed by atoms with Gasteiger partial charge in [0.05, 0.1) is 0 Å². The average molecular weight is 269 g/mol. The topological polar surface area (TPSA) is 15.8 Å². The molecule has 98 valence electrons. The number of fused-ring (bicyclic) bond motifs is 1. The highest BCUT2D eigenvalue weighted by atomic mass is 32.2. The molecule has 1 aliphatic rings. The van der Waals surface area contributed by atoms with E-state index in [1.807, 2.05) is 11.8 Å². The van der Waals surface area contributed by atoms with Crippen LogP contribution in [0.15, 0.2) is 47.5 Å². The molecule has 0 saturated heterocycles. The third kappa shape index (κ3) is 2.95. The van der Waals surface area contributed by atoms with Crippen LogP contribution < -0.4 is 0 Å². The van der Waals surface area contributed by atoms with Gasteiger partial charge >= 0.3 is 0 Å². The second kappa shape index (κ2) is 5.70. The highest BCUT2D eigenvalue weighted by molar-refractivity contribution is 8.03. The second-order valence-corrected chi connectivity index (χ2v) is 6.20. The molecule has 2 heteroatoms. The highest BCUT2D eigenvalue weighted by Crippen LogP contribution is 2.24. The summed E-state index contributed by atoms with van der Waals surface area (Å²) in [6.45, 7) is 2.16. The molecule has 0 saturated carbocycles. The standard InChI is InChI=1S/C17H19NS/c1-13-12-18-17-8-7-14(11-16(13)17)9-10-19-15-5-3-2-4-6-15/h3,5-8,11-12,18H,2,4,9-10H2,1H3. The Balaban J connectivity index is 1.63. The number of hydrogen-bond donors (Lipinski definition) is 1. The van der Waals surface area contributed by atoms with Crippen LogP contribution in [0.3, 0.4) is 0 Å². The van der Waals surface area contributed by atoms with Crippen LogP contribution >= 0.6 is 11.8 Å². The lowest BCUT2D eigenvalue weighted by atomic mass is 10.1.